The van der Waals surface area contributed by atoms with Crippen molar-refractivity contribution in [2.45, 2.75) is 89.5 Å². The average molecular weight is 337 g/mol. The summed E-state index contributed by atoms with van der Waals surface area (Å²) in [6.45, 7) is 15.4. The molecule has 0 spiro atoms. The molecule has 1 fully saturated rings. The SMILES string of the molecule is C.C.C.C.CC1C(=O)OC(=O)C1C.CCC(C)C[Si](C)(C)C. The first kappa shape index (κ1) is 33.1. The Morgan fingerprint density at radius 1 is 0.955 bits per heavy atom. The molecule has 3 unspecified atom stereocenters. The van der Waals surface area contributed by atoms with Crippen molar-refractivity contribution in [3.05, 3.63) is 0 Å². The van der Waals surface area contributed by atoms with Crippen LogP contribution in [0.2, 0.25) is 25.7 Å². The summed E-state index contributed by atoms with van der Waals surface area (Å²) in [6.07, 6.45) is 1.35. The van der Waals surface area contributed by atoms with Crippen LogP contribution < -0.4 is 0 Å². The Morgan fingerprint density at radius 2 is 1.27 bits per heavy atom. The van der Waals surface area contributed by atoms with Crippen LogP contribution in [0.25, 0.3) is 0 Å². The van der Waals surface area contributed by atoms with Crippen LogP contribution >= 0.6 is 0 Å². The zero-order valence-electron chi connectivity index (χ0n) is 12.9. The van der Waals surface area contributed by atoms with Crippen molar-refractivity contribution in [2.24, 2.45) is 17.8 Å². The van der Waals surface area contributed by atoms with E-state index in [9.17, 15) is 9.59 Å². The van der Waals surface area contributed by atoms with E-state index in [1.54, 1.807) is 13.8 Å². The maximum atomic E-state index is 10.6. The fourth-order valence-corrected chi connectivity index (χ4v) is 4.26. The van der Waals surface area contributed by atoms with Gasteiger partial charge in [0, 0.05) is 8.07 Å². The van der Waals surface area contributed by atoms with Gasteiger partial charge in [-0.05, 0) is 5.92 Å². The molecule has 4 heteroatoms. The van der Waals surface area contributed by atoms with Crippen molar-refractivity contribution < 1.29 is 14.3 Å². The average Bonchev–Trinajstić information content (AvgIpc) is 2.44. The van der Waals surface area contributed by atoms with Crippen LogP contribution in [0.15, 0.2) is 0 Å². The maximum absolute atomic E-state index is 10.6. The van der Waals surface area contributed by atoms with Crippen LogP contribution in [0.4, 0.5) is 0 Å². The van der Waals surface area contributed by atoms with Gasteiger partial charge in [0.25, 0.3) is 0 Å². The normalized spacial score (nSPS) is 20.7. The van der Waals surface area contributed by atoms with E-state index in [0.29, 0.717) is 0 Å². The Morgan fingerprint density at radius 3 is 1.36 bits per heavy atom. The lowest BCUT2D eigenvalue weighted by Gasteiger charge is -2.19. The van der Waals surface area contributed by atoms with Gasteiger partial charge in [0.15, 0.2) is 0 Å². The summed E-state index contributed by atoms with van der Waals surface area (Å²) in [5.41, 5.74) is 0. The molecule has 0 aliphatic carbocycles. The van der Waals surface area contributed by atoms with Crippen LogP contribution in [0, 0.1) is 17.8 Å². The molecule has 1 aliphatic rings. The van der Waals surface area contributed by atoms with Gasteiger partial charge in [-0.2, -0.15) is 0 Å². The third kappa shape index (κ3) is 13.1. The van der Waals surface area contributed by atoms with E-state index in [4.69, 9.17) is 0 Å². The van der Waals surface area contributed by atoms with Gasteiger partial charge in [-0.3, -0.25) is 9.59 Å². The Kier molecular flexibility index (Phi) is 21.0. The van der Waals surface area contributed by atoms with Gasteiger partial charge in [0.2, 0.25) is 0 Å². The lowest BCUT2D eigenvalue weighted by molar-refractivity contribution is -0.153. The first-order valence-electron chi connectivity index (χ1n) is 6.84. The van der Waals surface area contributed by atoms with Crippen molar-refractivity contribution in [3.8, 4) is 0 Å². The van der Waals surface area contributed by atoms with Gasteiger partial charge in [0.1, 0.15) is 0 Å². The summed E-state index contributed by atoms with van der Waals surface area (Å²) in [4.78, 5) is 21.1. The molecule has 1 saturated heterocycles. The van der Waals surface area contributed by atoms with Gasteiger partial charge >= 0.3 is 11.9 Å². The molecule has 0 aromatic carbocycles. The Bertz CT molecular complexity index is 277. The highest BCUT2D eigenvalue weighted by Crippen LogP contribution is 2.21. The second-order valence-corrected chi connectivity index (χ2v) is 12.1. The third-order valence-electron chi connectivity index (χ3n) is 3.35. The lowest BCUT2D eigenvalue weighted by atomic mass is 10.00. The van der Waals surface area contributed by atoms with Crippen LogP contribution in [-0.2, 0) is 14.3 Å². The summed E-state index contributed by atoms with van der Waals surface area (Å²) in [7, 11) is -0.741. The molecule has 3 nitrogen and oxygen atoms in total. The van der Waals surface area contributed by atoms with Crippen molar-refractivity contribution in [2.75, 3.05) is 0 Å². The van der Waals surface area contributed by atoms with Crippen molar-refractivity contribution in [3.63, 3.8) is 0 Å². The summed E-state index contributed by atoms with van der Waals surface area (Å²) in [5.74, 6) is -0.341. The number of hydrogen-bond acceptors (Lipinski definition) is 3. The molecular weight excluding hydrogens is 292 g/mol. The number of carbonyl (C=O) groups excluding carboxylic acids is 2. The molecule has 0 bridgehead atoms. The number of ether oxygens (including phenoxy) is 1. The standard InChI is InChI=1S/C8H20Si.C6H8O3.4CH4/c1-6-8(2)7-9(3,4)5;1-3-4(2)6(8)9-5(3)7;;;;/h8H,6-7H2,1-5H3;3-4H,1-2H3;4*1H4. The number of carbonyl (C=O) groups is 2. The third-order valence-corrected chi connectivity index (χ3v) is 5.27. The van der Waals surface area contributed by atoms with E-state index in [2.05, 4.69) is 38.2 Å². The zero-order valence-corrected chi connectivity index (χ0v) is 13.9. The zero-order chi connectivity index (χ0) is 14.5. The molecule has 0 N–H and O–H groups in total. The predicted octanol–water partition coefficient (Wildman–Crippen LogP) is 6.26. The van der Waals surface area contributed by atoms with Crippen LogP contribution in [-0.4, -0.2) is 20.0 Å². The van der Waals surface area contributed by atoms with E-state index >= 15 is 0 Å². The molecule has 1 rings (SSSR count). The van der Waals surface area contributed by atoms with E-state index in [0.717, 1.165) is 5.92 Å². The minimum Gasteiger partial charge on any atom is -0.393 e. The number of hydrogen-bond donors (Lipinski definition) is 0. The lowest BCUT2D eigenvalue weighted by Crippen LogP contribution is -2.22. The molecule has 1 heterocycles. The van der Waals surface area contributed by atoms with Crippen LogP contribution in [0.3, 0.4) is 0 Å². The monoisotopic (exact) mass is 336 g/mol. The second kappa shape index (κ2) is 14.0. The minimum atomic E-state index is -0.741. The maximum Gasteiger partial charge on any atom is 0.317 e. The molecule has 0 radical (unpaired) electrons. The molecule has 0 saturated carbocycles. The van der Waals surface area contributed by atoms with Gasteiger partial charge < -0.3 is 4.74 Å². The highest BCUT2D eigenvalue weighted by molar-refractivity contribution is 6.76. The number of cyclic esters (lactones) is 2. The van der Waals surface area contributed by atoms with E-state index in [-0.39, 0.29) is 41.5 Å². The van der Waals surface area contributed by atoms with Crippen LogP contribution in [0.5, 0.6) is 0 Å². The molecule has 1 aliphatic heterocycles. The van der Waals surface area contributed by atoms with Crippen molar-refractivity contribution >= 4 is 20.0 Å². The second-order valence-electron chi connectivity index (χ2n) is 6.60. The molecular formula is C18H44O3Si. The van der Waals surface area contributed by atoms with Gasteiger partial charge in [-0.25, -0.2) is 0 Å². The quantitative estimate of drug-likeness (QED) is 0.347. The van der Waals surface area contributed by atoms with E-state index in [1.807, 2.05) is 0 Å². The summed E-state index contributed by atoms with van der Waals surface area (Å²) in [5, 5.41) is 0. The largest absolute Gasteiger partial charge is 0.393 e. The highest BCUT2D eigenvalue weighted by atomic mass is 28.3. The first-order valence-corrected chi connectivity index (χ1v) is 10.5. The molecule has 138 valence electrons. The Hall–Kier alpha value is -0.643. The highest BCUT2D eigenvalue weighted by Gasteiger charge is 2.37. The summed E-state index contributed by atoms with van der Waals surface area (Å²) < 4.78 is 4.31. The fourth-order valence-electron chi connectivity index (χ4n) is 1.88. The fraction of sp³-hybridized carbons (Fsp3) is 0.889. The summed E-state index contributed by atoms with van der Waals surface area (Å²) in [6, 6.07) is 1.49. The molecule has 0 aromatic rings. The van der Waals surface area contributed by atoms with E-state index in [1.165, 1.54) is 12.5 Å². The topological polar surface area (TPSA) is 43.4 Å². The number of rotatable bonds is 3. The number of esters is 2. The minimum absolute atomic E-state index is 0. The summed E-state index contributed by atoms with van der Waals surface area (Å²) >= 11 is 0. The molecule has 22 heavy (non-hydrogen) atoms. The van der Waals surface area contributed by atoms with Crippen molar-refractivity contribution in [1.82, 2.24) is 0 Å². The molecule has 0 aromatic heterocycles. The van der Waals surface area contributed by atoms with Gasteiger partial charge in [-0.1, -0.05) is 89.5 Å². The van der Waals surface area contributed by atoms with Crippen molar-refractivity contribution in [1.29, 1.82) is 0 Å². The smallest absolute Gasteiger partial charge is 0.317 e. The first-order chi connectivity index (χ1) is 8.08. The Balaban J connectivity index is -0.0000000741. The van der Waals surface area contributed by atoms with Crippen LogP contribution in [0.1, 0.15) is 63.8 Å². The van der Waals surface area contributed by atoms with Gasteiger partial charge in [-0.15, -0.1) is 0 Å². The predicted molar refractivity (Wildman–Crippen MR) is 104 cm³/mol. The molecule has 0 amide bonds. The molecule has 3 atom stereocenters. The van der Waals surface area contributed by atoms with E-state index < -0.39 is 20.0 Å². The van der Waals surface area contributed by atoms with Gasteiger partial charge in [0.05, 0.1) is 11.8 Å². The Labute approximate surface area is 142 Å².